The highest BCUT2D eigenvalue weighted by Gasteiger charge is 2.00. The van der Waals surface area contributed by atoms with Crippen molar-refractivity contribution >= 4 is 0 Å². The Morgan fingerprint density at radius 3 is 2.50 bits per heavy atom. The van der Waals surface area contributed by atoms with E-state index >= 15 is 0 Å². The molecule has 1 heterocycles. The Hall–Kier alpha value is -2.41. The van der Waals surface area contributed by atoms with Crippen LogP contribution in [0.2, 0.25) is 0 Å². The van der Waals surface area contributed by atoms with Crippen LogP contribution in [0, 0.1) is 23.5 Å². The van der Waals surface area contributed by atoms with Gasteiger partial charge in [-0.2, -0.15) is 0 Å². The largest absolute Gasteiger partial charge is 0.495 e. The molecule has 0 fully saturated rings. The Balaban J connectivity index is 2.27. The zero-order valence-corrected chi connectivity index (χ0v) is 9.58. The van der Waals surface area contributed by atoms with E-state index in [-0.39, 0.29) is 0 Å². The minimum absolute atomic E-state index is 0.400. The molecule has 2 nitrogen and oxygen atoms in total. The van der Waals surface area contributed by atoms with Crippen LogP contribution < -0.4 is 4.74 Å². The molecule has 0 N–H and O–H groups in total. The van der Waals surface area contributed by atoms with Gasteiger partial charge in [-0.1, -0.05) is 11.8 Å². The molecular weight excluding hydrogens is 236 g/mol. The lowest BCUT2D eigenvalue weighted by Gasteiger charge is -1.97. The third kappa shape index (κ3) is 2.83. The number of halogens is 2. The summed E-state index contributed by atoms with van der Waals surface area (Å²) in [6.07, 6.45) is 3.12. The number of ether oxygens (including phenoxy) is 1. The second kappa shape index (κ2) is 5.28. The molecule has 0 aliphatic rings. The van der Waals surface area contributed by atoms with E-state index in [2.05, 4.69) is 16.8 Å². The van der Waals surface area contributed by atoms with E-state index in [1.807, 2.05) is 0 Å². The van der Waals surface area contributed by atoms with Gasteiger partial charge < -0.3 is 4.74 Å². The van der Waals surface area contributed by atoms with Crippen molar-refractivity contribution in [1.82, 2.24) is 4.98 Å². The van der Waals surface area contributed by atoms with E-state index < -0.39 is 11.6 Å². The first-order chi connectivity index (χ1) is 8.69. The number of aromatic nitrogens is 1. The van der Waals surface area contributed by atoms with Gasteiger partial charge in [0.05, 0.1) is 13.3 Å². The van der Waals surface area contributed by atoms with Gasteiger partial charge in [-0.15, -0.1) is 0 Å². The number of pyridine rings is 1. The van der Waals surface area contributed by atoms with Crippen LogP contribution in [0.1, 0.15) is 11.1 Å². The molecule has 2 rings (SSSR count). The predicted octanol–water partition coefficient (Wildman–Crippen LogP) is 2.77. The zero-order valence-electron chi connectivity index (χ0n) is 9.58. The summed E-state index contributed by atoms with van der Waals surface area (Å²) >= 11 is 0. The molecule has 0 radical (unpaired) electrons. The molecule has 0 spiro atoms. The number of rotatable bonds is 1. The quantitative estimate of drug-likeness (QED) is 0.721. The van der Waals surface area contributed by atoms with Crippen LogP contribution in [0.25, 0.3) is 0 Å². The summed E-state index contributed by atoms with van der Waals surface area (Å²) in [4.78, 5) is 3.94. The second-order valence-corrected chi connectivity index (χ2v) is 3.49. The molecule has 18 heavy (non-hydrogen) atoms. The monoisotopic (exact) mass is 245 g/mol. The van der Waals surface area contributed by atoms with Crippen LogP contribution in [0.3, 0.4) is 0 Å². The van der Waals surface area contributed by atoms with E-state index in [0.717, 1.165) is 12.1 Å². The Bertz CT molecular complexity index is 629. The van der Waals surface area contributed by atoms with Crippen molar-refractivity contribution in [2.75, 3.05) is 7.11 Å². The van der Waals surface area contributed by atoms with Crippen LogP contribution in [-0.2, 0) is 0 Å². The Kier molecular flexibility index (Phi) is 3.54. The second-order valence-electron chi connectivity index (χ2n) is 3.49. The maximum absolute atomic E-state index is 12.9. The highest BCUT2D eigenvalue weighted by Crippen LogP contribution is 2.10. The predicted molar refractivity (Wildman–Crippen MR) is 63.1 cm³/mol. The van der Waals surface area contributed by atoms with Gasteiger partial charge in [-0.25, -0.2) is 8.78 Å². The lowest BCUT2D eigenvalue weighted by Crippen LogP contribution is -1.86. The smallest absolute Gasteiger partial charge is 0.160 e. The van der Waals surface area contributed by atoms with Crippen molar-refractivity contribution in [1.29, 1.82) is 0 Å². The fraction of sp³-hybridized carbons (Fsp3) is 0.0714. The Morgan fingerprint density at radius 1 is 1.00 bits per heavy atom. The van der Waals surface area contributed by atoms with Gasteiger partial charge in [0.25, 0.3) is 0 Å². The fourth-order valence-corrected chi connectivity index (χ4v) is 1.32. The average Bonchev–Trinajstić information content (AvgIpc) is 2.40. The average molecular weight is 245 g/mol. The standard InChI is InChI=1S/C14H9F2NO/c1-18-12-6-11(8-17-9-12)3-2-10-4-5-13(15)14(16)7-10/h4-9H,1H3. The lowest BCUT2D eigenvalue weighted by atomic mass is 10.2. The van der Waals surface area contributed by atoms with Crippen molar-refractivity contribution in [2.45, 2.75) is 0 Å². The van der Waals surface area contributed by atoms with E-state index in [1.54, 1.807) is 18.5 Å². The molecule has 0 saturated carbocycles. The number of nitrogens with zero attached hydrogens (tertiary/aromatic N) is 1. The van der Waals surface area contributed by atoms with Gasteiger partial charge in [-0.05, 0) is 24.3 Å². The van der Waals surface area contributed by atoms with Crippen molar-refractivity contribution in [3.8, 4) is 17.6 Å². The number of hydrogen-bond acceptors (Lipinski definition) is 2. The summed E-state index contributed by atoms with van der Waals surface area (Å²) < 4.78 is 30.7. The van der Waals surface area contributed by atoms with Crippen LogP contribution in [0.5, 0.6) is 5.75 Å². The maximum atomic E-state index is 12.9. The molecule has 0 aliphatic carbocycles. The van der Waals surface area contributed by atoms with Crippen molar-refractivity contribution < 1.29 is 13.5 Å². The third-order valence-electron chi connectivity index (χ3n) is 2.22. The summed E-state index contributed by atoms with van der Waals surface area (Å²) in [5, 5.41) is 0. The topological polar surface area (TPSA) is 22.1 Å². The third-order valence-corrected chi connectivity index (χ3v) is 2.22. The van der Waals surface area contributed by atoms with Gasteiger partial charge >= 0.3 is 0 Å². The summed E-state index contributed by atoms with van der Waals surface area (Å²) in [6, 6.07) is 5.22. The van der Waals surface area contributed by atoms with Crippen LogP contribution in [0.4, 0.5) is 8.78 Å². The molecule has 4 heteroatoms. The molecule has 0 bridgehead atoms. The highest BCUT2D eigenvalue weighted by atomic mass is 19.2. The molecule has 2 aromatic rings. The van der Waals surface area contributed by atoms with Crippen LogP contribution >= 0.6 is 0 Å². The number of methoxy groups -OCH3 is 1. The lowest BCUT2D eigenvalue weighted by molar-refractivity contribution is 0.413. The first kappa shape index (κ1) is 12.1. The highest BCUT2D eigenvalue weighted by molar-refractivity contribution is 5.43. The molecule has 90 valence electrons. The summed E-state index contributed by atoms with van der Waals surface area (Å²) in [6.45, 7) is 0. The van der Waals surface area contributed by atoms with E-state index in [0.29, 0.717) is 16.9 Å². The van der Waals surface area contributed by atoms with E-state index in [1.165, 1.54) is 13.2 Å². The molecule has 0 unspecified atom stereocenters. The molecule has 0 amide bonds. The van der Waals surface area contributed by atoms with Crippen LogP contribution in [-0.4, -0.2) is 12.1 Å². The van der Waals surface area contributed by atoms with Crippen molar-refractivity contribution in [3.05, 3.63) is 59.4 Å². The minimum atomic E-state index is -0.912. The first-order valence-corrected chi connectivity index (χ1v) is 5.15. The maximum Gasteiger partial charge on any atom is 0.160 e. The van der Waals surface area contributed by atoms with Crippen molar-refractivity contribution in [2.24, 2.45) is 0 Å². The van der Waals surface area contributed by atoms with Crippen LogP contribution in [0.15, 0.2) is 36.7 Å². The summed E-state index contributed by atoms with van der Waals surface area (Å²) in [5.41, 5.74) is 1.04. The van der Waals surface area contributed by atoms with Gasteiger partial charge in [-0.3, -0.25) is 4.98 Å². The fourth-order valence-electron chi connectivity index (χ4n) is 1.32. The van der Waals surface area contributed by atoms with E-state index in [4.69, 9.17) is 4.74 Å². The van der Waals surface area contributed by atoms with Gasteiger partial charge in [0, 0.05) is 17.3 Å². The zero-order chi connectivity index (χ0) is 13.0. The SMILES string of the molecule is COc1cncc(C#Cc2ccc(F)c(F)c2)c1. The summed E-state index contributed by atoms with van der Waals surface area (Å²) in [5.74, 6) is 4.32. The Labute approximate surface area is 103 Å². The normalized spacial score (nSPS) is 9.50. The number of benzene rings is 1. The van der Waals surface area contributed by atoms with Gasteiger partial charge in [0.15, 0.2) is 11.6 Å². The van der Waals surface area contributed by atoms with Crippen molar-refractivity contribution in [3.63, 3.8) is 0 Å². The first-order valence-electron chi connectivity index (χ1n) is 5.15. The summed E-state index contributed by atoms with van der Waals surface area (Å²) in [7, 11) is 1.53. The molecule has 0 saturated heterocycles. The molecule has 0 atom stereocenters. The molecule has 0 aliphatic heterocycles. The van der Waals surface area contributed by atoms with Gasteiger partial charge in [0.2, 0.25) is 0 Å². The van der Waals surface area contributed by atoms with Gasteiger partial charge in [0.1, 0.15) is 5.75 Å². The molecule has 1 aromatic carbocycles. The molecule has 1 aromatic heterocycles. The van der Waals surface area contributed by atoms with E-state index in [9.17, 15) is 8.78 Å². The molecular formula is C14H9F2NO. The minimum Gasteiger partial charge on any atom is -0.495 e. The number of hydrogen-bond donors (Lipinski definition) is 0. The Morgan fingerprint density at radius 2 is 1.78 bits per heavy atom.